The van der Waals surface area contributed by atoms with E-state index in [1.807, 2.05) is 11.8 Å². The van der Waals surface area contributed by atoms with E-state index in [1.165, 1.54) is 5.75 Å². The number of benzene rings is 1. The second-order valence-corrected chi connectivity index (χ2v) is 7.03. The standard InChI is InChI=1S/C15H22N2O2S/c1-15(2)7-11(8-20-9-15)17-12-6-10(14(16)18)4-5-13(12)19-3/h4-6,11,17H,7-9H2,1-3H3,(H2,16,18). The Labute approximate surface area is 124 Å². The first-order valence-electron chi connectivity index (χ1n) is 6.73. The first-order valence-corrected chi connectivity index (χ1v) is 7.89. The third-order valence-electron chi connectivity index (χ3n) is 3.45. The van der Waals surface area contributed by atoms with E-state index in [0.717, 1.165) is 23.6 Å². The summed E-state index contributed by atoms with van der Waals surface area (Å²) in [7, 11) is 1.63. The predicted molar refractivity (Wildman–Crippen MR) is 84.6 cm³/mol. The van der Waals surface area contributed by atoms with E-state index in [1.54, 1.807) is 25.3 Å². The highest BCUT2D eigenvalue weighted by Crippen LogP contribution is 2.36. The molecule has 1 heterocycles. The fourth-order valence-corrected chi connectivity index (χ4v) is 3.82. The van der Waals surface area contributed by atoms with Crippen LogP contribution in [0.25, 0.3) is 0 Å². The van der Waals surface area contributed by atoms with Crippen molar-refractivity contribution >= 4 is 23.4 Å². The second kappa shape index (κ2) is 5.95. The molecule has 4 nitrogen and oxygen atoms in total. The number of nitrogens with one attached hydrogen (secondary N) is 1. The molecule has 0 radical (unpaired) electrons. The number of ether oxygens (including phenoxy) is 1. The largest absolute Gasteiger partial charge is 0.495 e. The third-order valence-corrected chi connectivity index (χ3v) is 5.08. The van der Waals surface area contributed by atoms with Crippen LogP contribution in [0, 0.1) is 5.41 Å². The summed E-state index contributed by atoms with van der Waals surface area (Å²) >= 11 is 1.96. The molecule has 0 aromatic heterocycles. The lowest BCUT2D eigenvalue weighted by Crippen LogP contribution is -2.35. The van der Waals surface area contributed by atoms with Crippen LogP contribution in [0.1, 0.15) is 30.6 Å². The van der Waals surface area contributed by atoms with Gasteiger partial charge in [-0.15, -0.1) is 0 Å². The average Bonchev–Trinajstić information content (AvgIpc) is 2.37. The van der Waals surface area contributed by atoms with Crippen molar-refractivity contribution in [3.63, 3.8) is 0 Å². The number of amides is 1. The number of hydrogen-bond donors (Lipinski definition) is 2. The molecule has 0 spiro atoms. The summed E-state index contributed by atoms with van der Waals surface area (Å²) in [5, 5.41) is 3.50. The Kier molecular flexibility index (Phi) is 4.48. The molecule has 20 heavy (non-hydrogen) atoms. The molecule has 0 bridgehead atoms. The van der Waals surface area contributed by atoms with Crippen molar-refractivity contribution in [2.24, 2.45) is 11.1 Å². The van der Waals surface area contributed by atoms with Gasteiger partial charge in [0, 0.05) is 17.4 Å². The molecule has 1 amide bonds. The van der Waals surface area contributed by atoms with Gasteiger partial charge < -0.3 is 15.8 Å². The number of thioether (sulfide) groups is 1. The summed E-state index contributed by atoms with van der Waals surface area (Å²) in [4.78, 5) is 11.3. The zero-order valence-corrected chi connectivity index (χ0v) is 13.0. The fraction of sp³-hybridized carbons (Fsp3) is 0.533. The maximum Gasteiger partial charge on any atom is 0.248 e. The number of carbonyl (C=O) groups is 1. The molecule has 0 aliphatic carbocycles. The number of primary amides is 1. The molecular formula is C15H22N2O2S. The van der Waals surface area contributed by atoms with Gasteiger partial charge in [0.25, 0.3) is 0 Å². The quantitative estimate of drug-likeness (QED) is 0.896. The van der Waals surface area contributed by atoms with Crippen molar-refractivity contribution in [3.05, 3.63) is 23.8 Å². The van der Waals surface area contributed by atoms with Crippen molar-refractivity contribution < 1.29 is 9.53 Å². The van der Waals surface area contributed by atoms with Gasteiger partial charge in [0.15, 0.2) is 0 Å². The predicted octanol–water partition coefficient (Wildman–Crippen LogP) is 2.74. The van der Waals surface area contributed by atoms with Gasteiger partial charge in [-0.05, 0) is 35.8 Å². The second-order valence-electron chi connectivity index (χ2n) is 6.00. The fourth-order valence-electron chi connectivity index (χ4n) is 2.55. The Morgan fingerprint density at radius 1 is 1.50 bits per heavy atom. The number of hydrogen-bond acceptors (Lipinski definition) is 4. The molecule has 0 saturated carbocycles. The molecule has 1 aromatic carbocycles. The van der Waals surface area contributed by atoms with Gasteiger partial charge in [-0.3, -0.25) is 4.79 Å². The van der Waals surface area contributed by atoms with Crippen LogP contribution in [0.2, 0.25) is 0 Å². The first kappa shape index (κ1) is 15.0. The topological polar surface area (TPSA) is 64.3 Å². The summed E-state index contributed by atoms with van der Waals surface area (Å²) in [6.45, 7) is 4.57. The molecule has 3 N–H and O–H groups in total. The molecule has 1 unspecified atom stereocenters. The van der Waals surface area contributed by atoms with Crippen LogP contribution in [0.5, 0.6) is 5.75 Å². The summed E-state index contributed by atoms with van der Waals surface area (Å²) in [6.07, 6.45) is 1.10. The van der Waals surface area contributed by atoms with Crippen LogP contribution in [0.15, 0.2) is 18.2 Å². The zero-order chi connectivity index (χ0) is 14.8. The van der Waals surface area contributed by atoms with Crippen LogP contribution in [-0.4, -0.2) is 30.6 Å². The van der Waals surface area contributed by atoms with Crippen LogP contribution in [0.4, 0.5) is 5.69 Å². The number of nitrogens with two attached hydrogens (primary N) is 1. The van der Waals surface area contributed by atoms with E-state index in [-0.39, 0.29) is 0 Å². The van der Waals surface area contributed by atoms with Gasteiger partial charge in [-0.1, -0.05) is 13.8 Å². The molecule has 1 aromatic rings. The van der Waals surface area contributed by atoms with E-state index in [2.05, 4.69) is 19.2 Å². The highest BCUT2D eigenvalue weighted by molar-refractivity contribution is 7.99. The van der Waals surface area contributed by atoms with E-state index in [4.69, 9.17) is 10.5 Å². The van der Waals surface area contributed by atoms with Crippen LogP contribution >= 0.6 is 11.8 Å². The van der Waals surface area contributed by atoms with Gasteiger partial charge in [0.1, 0.15) is 5.75 Å². The zero-order valence-electron chi connectivity index (χ0n) is 12.2. The van der Waals surface area contributed by atoms with Gasteiger partial charge in [0.05, 0.1) is 12.8 Å². The minimum Gasteiger partial charge on any atom is -0.495 e. The monoisotopic (exact) mass is 294 g/mol. The maximum atomic E-state index is 11.3. The highest BCUT2D eigenvalue weighted by atomic mass is 32.2. The van der Waals surface area contributed by atoms with Gasteiger partial charge >= 0.3 is 0 Å². The molecule has 110 valence electrons. The van der Waals surface area contributed by atoms with Crippen molar-refractivity contribution in [1.82, 2.24) is 0 Å². The van der Waals surface area contributed by atoms with E-state index in [0.29, 0.717) is 17.0 Å². The molecule has 2 rings (SSSR count). The molecule has 1 atom stereocenters. The van der Waals surface area contributed by atoms with E-state index in [9.17, 15) is 4.79 Å². The van der Waals surface area contributed by atoms with Gasteiger partial charge in [-0.25, -0.2) is 0 Å². The molecule has 1 saturated heterocycles. The molecule has 1 fully saturated rings. The number of anilines is 1. The molecule has 1 aliphatic heterocycles. The van der Waals surface area contributed by atoms with Crippen LogP contribution in [-0.2, 0) is 0 Å². The van der Waals surface area contributed by atoms with Crippen LogP contribution in [0.3, 0.4) is 0 Å². The van der Waals surface area contributed by atoms with Crippen molar-refractivity contribution in [2.45, 2.75) is 26.3 Å². The normalized spacial score (nSPS) is 21.2. The highest BCUT2D eigenvalue weighted by Gasteiger charge is 2.28. The van der Waals surface area contributed by atoms with Crippen molar-refractivity contribution in [3.8, 4) is 5.75 Å². The lowest BCUT2D eigenvalue weighted by Gasteiger charge is -2.35. The van der Waals surface area contributed by atoms with Crippen molar-refractivity contribution in [1.29, 1.82) is 0 Å². The first-order chi connectivity index (χ1) is 9.41. The molecular weight excluding hydrogens is 272 g/mol. The summed E-state index contributed by atoms with van der Waals surface area (Å²) in [5.41, 5.74) is 7.00. The number of methoxy groups -OCH3 is 1. The Balaban J connectivity index is 2.18. The molecule has 5 heteroatoms. The summed E-state index contributed by atoms with van der Waals surface area (Å²) < 4.78 is 5.35. The Bertz CT molecular complexity index is 503. The van der Waals surface area contributed by atoms with Crippen molar-refractivity contribution in [2.75, 3.05) is 23.9 Å². The number of rotatable bonds is 4. The Hall–Kier alpha value is -1.36. The van der Waals surface area contributed by atoms with E-state index < -0.39 is 5.91 Å². The minimum atomic E-state index is -0.422. The molecule has 1 aliphatic rings. The smallest absolute Gasteiger partial charge is 0.248 e. The SMILES string of the molecule is COc1ccc(C(N)=O)cc1NC1CSCC(C)(C)C1. The summed E-state index contributed by atoms with van der Waals surface area (Å²) in [5.74, 6) is 2.56. The number of carbonyl (C=O) groups excluding carboxylic acids is 1. The lowest BCUT2D eigenvalue weighted by atomic mass is 9.87. The lowest BCUT2D eigenvalue weighted by molar-refractivity contribution is 0.100. The van der Waals surface area contributed by atoms with Gasteiger partial charge in [-0.2, -0.15) is 11.8 Å². The maximum absolute atomic E-state index is 11.3. The van der Waals surface area contributed by atoms with Gasteiger partial charge in [0.2, 0.25) is 5.91 Å². The van der Waals surface area contributed by atoms with Crippen LogP contribution < -0.4 is 15.8 Å². The van der Waals surface area contributed by atoms with E-state index >= 15 is 0 Å². The summed E-state index contributed by atoms with van der Waals surface area (Å²) in [6, 6.07) is 5.61. The Morgan fingerprint density at radius 2 is 2.25 bits per heavy atom. The Morgan fingerprint density at radius 3 is 2.85 bits per heavy atom. The minimum absolute atomic E-state index is 0.328. The third kappa shape index (κ3) is 3.60. The average molecular weight is 294 g/mol.